The van der Waals surface area contributed by atoms with Gasteiger partial charge in [-0.2, -0.15) is 4.31 Å². The predicted molar refractivity (Wildman–Crippen MR) is 128 cm³/mol. The van der Waals surface area contributed by atoms with E-state index in [1.54, 1.807) is 37.3 Å². The molecule has 0 unspecified atom stereocenters. The first kappa shape index (κ1) is 24.5. The summed E-state index contributed by atoms with van der Waals surface area (Å²) in [5.74, 6) is -0.292. The number of sulfonamides is 1. The van der Waals surface area contributed by atoms with Crippen LogP contribution in [0.3, 0.4) is 0 Å². The molecule has 1 aliphatic rings. The maximum atomic E-state index is 13.2. The zero-order chi connectivity index (χ0) is 25.0. The van der Waals surface area contributed by atoms with E-state index in [9.17, 15) is 18.0 Å². The van der Waals surface area contributed by atoms with Gasteiger partial charge in [-0.25, -0.2) is 13.2 Å². The zero-order valence-corrected chi connectivity index (χ0v) is 20.3. The van der Waals surface area contributed by atoms with Crippen LogP contribution in [0.4, 0.5) is 5.69 Å². The lowest BCUT2D eigenvalue weighted by atomic mass is 10.2. The molecule has 2 aromatic carbocycles. The molecule has 1 aromatic heterocycles. The topological polar surface area (TPSA) is 115 Å². The summed E-state index contributed by atoms with van der Waals surface area (Å²) in [5, 5.41) is 2.71. The fourth-order valence-corrected chi connectivity index (χ4v) is 5.34. The van der Waals surface area contributed by atoms with Gasteiger partial charge in [0.15, 0.2) is 11.5 Å². The van der Waals surface area contributed by atoms with Crippen LogP contribution in [-0.4, -0.2) is 44.8 Å². The third-order valence-corrected chi connectivity index (χ3v) is 7.62. The molecular formula is C25H26N2O7S. The van der Waals surface area contributed by atoms with Crippen LogP contribution in [0.1, 0.15) is 45.7 Å². The molecule has 3 aromatic rings. The maximum absolute atomic E-state index is 13.2. The number of furan rings is 1. The molecule has 0 aliphatic carbocycles. The quantitative estimate of drug-likeness (QED) is 0.474. The number of esters is 1. The van der Waals surface area contributed by atoms with Crippen LogP contribution in [0.2, 0.25) is 0 Å². The van der Waals surface area contributed by atoms with Crippen molar-refractivity contribution in [2.45, 2.75) is 31.1 Å². The molecule has 0 radical (unpaired) electrons. The van der Waals surface area contributed by atoms with E-state index in [0.717, 1.165) is 19.3 Å². The Kier molecular flexibility index (Phi) is 7.23. The average molecular weight is 499 g/mol. The third kappa shape index (κ3) is 5.39. The summed E-state index contributed by atoms with van der Waals surface area (Å²) in [5.41, 5.74) is 1.16. The lowest BCUT2D eigenvalue weighted by Crippen LogP contribution is -2.35. The lowest BCUT2D eigenvalue weighted by Gasteiger charge is -2.26. The van der Waals surface area contributed by atoms with Crippen molar-refractivity contribution >= 4 is 27.6 Å². The highest BCUT2D eigenvalue weighted by Crippen LogP contribution is 2.34. The number of rotatable bonds is 7. The summed E-state index contributed by atoms with van der Waals surface area (Å²) in [4.78, 5) is 24.6. The minimum absolute atomic E-state index is 0.0549. The second kappa shape index (κ2) is 10.3. The van der Waals surface area contributed by atoms with Crippen molar-refractivity contribution in [2.75, 3.05) is 25.5 Å². The van der Waals surface area contributed by atoms with E-state index >= 15 is 0 Å². The van der Waals surface area contributed by atoms with E-state index in [1.165, 1.54) is 35.9 Å². The number of benzene rings is 2. The Morgan fingerprint density at radius 3 is 2.34 bits per heavy atom. The standard InChI is InChI=1S/C25H26N2O7S/c1-17-12-15-33-23(17)24(28)26-21-16-20(35(30,31)27-13-4-3-5-14-27)10-11-22(21)34-19-8-6-18(7-9-19)25(29)32-2/h6-12,15-16H,3-5,13-14H2,1-2H3,(H,26,28). The van der Waals surface area contributed by atoms with Gasteiger partial charge in [-0.1, -0.05) is 6.42 Å². The van der Waals surface area contributed by atoms with Gasteiger partial charge in [0, 0.05) is 18.7 Å². The van der Waals surface area contributed by atoms with E-state index in [1.807, 2.05) is 0 Å². The number of piperidine rings is 1. The van der Waals surface area contributed by atoms with Crippen molar-refractivity contribution in [3.63, 3.8) is 0 Å². The Hall–Kier alpha value is -3.63. The monoisotopic (exact) mass is 498 g/mol. The van der Waals surface area contributed by atoms with Crippen molar-refractivity contribution in [3.8, 4) is 11.5 Å². The maximum Gasteiger partial charge on any atom is 0.337 e. The van der Waals surface area contributed by atoms with E-state index in [0.29, 0.717) is 30.0 Å². The van der Waals surface area contributed by atoms with Gasteiger partial charge in [-0.05, 0) is 68.3 Å². The molecule has 4 rings (SSSR count). The van der Waals surface area contributed by atoms with Gasteiger partial charge >= 0.3 is 5.97 Å². The summed E-state index contributed by atoms with van der Waals surface area (Å²) >= 11 is 0. The van der Waals surface area contributed by atoms with E-state index < -0.39 is 21.9 Å². The number of carbonyl (C=O) groups is 2. The first-order valence-electron chi connectivity index (χ1n) is 11.2. The molecule has 0 bridgehead atoms. The van der Waals surface area contributed by atoms with Crippen LogP contribution in [0.25, 0.3) is 0 Å². The molecule has 35 heavy (non-hydrogen) atoms. The summed E-state index contributed by atoms with van der Waals surface area (Å²) < 4.78 is 43.8. The van der Waals surface area contributed by atoms with Gasteiger partial charge in [0.1, 0.15) is 5.75 Å². The molecule has 0 saturated carbocycles. The SMILES string of the molecule is COC(=O)c1ccc(Oc2ccc(S(=O)(=O)N3CCCCC3)cc2NC(=O)c2occc2C)cc1. The Morgan fingerprint density at radius 2 is 1.71 bits per heavy atom. The fraction of sp³-hybridized carbons (Fsp3) is 0.280. The van der Waals surface area contributed by atoms with Crippen molar-refractivity contribution < 1.29 is 31.9 Å². The van der Waals surface area contributed by atoms with Crippen molar-refractivity contribution in [3.05, 3.63) is 71.7 Å². The molecule has 1 N–H and O–H groups in total. The molecule has 1 amide bonds. The highest BCUT2D eigenvalue weighted by atomic mass is 32.2. The number of hydrogen-bond acceptors (Lipinski definition) is 7. The molecule has 9 nitrogen and oxygen atoms in total. The van der Waals surface area contributed by atoms with Gasteiger partial charge in [0.25, 0.3) is 5.91 Å². The molecule has 184 valence electrons. The second-order valence-electron chi connectivity index (χ2n) is 8.13. The summed E-state index contributed by atoms with van der Waals surface area (Å²) in [7, 11) is -2.44. The number of carbonyl (C=O) groups excluding carboxylic acids is 2. The number of anilines is 1. The van der Waals surface area contributed by atoms with Crippen molar-refractivity contribution in [2.24, 2.45) is 0 Å². The van der Waals surface area contributed by atoms with Crippen LogP contribution >= 0.6 is 0 Å². The first-order chi connectivity index (χ1) is 16.8. The summed E-state index contributed by atoms with van der Waals surface area (Å²) in [6, 6.07) is 12.2. The highest BCUT2D eigenvalue weighted by molar-refractivity contribution is 7.89. The molecule has 1 aliphatic heterocycles. The van der Waals surface area contributed by atoms with Gasteiger partial charge < -0.3 is 19.2 Å². The number of nitrogens with zero attached hydrogens (tertiary/aromatic N) is 1. The Bertz CT molecular complexity index is 1320. The van der Waals surface area contributed by atoms with Crippen LogP contribution in [0, 0.1) is 6.92 Å². The van der Waals surface area contributed by atoms with Gasteiger partial charge in [-0.15, -0.1) is 0 Å². The van der Waals surface area contributed by atoms with E-state index in [2.05, 4.69) is 5.32 Å². The molecule has 1 saturated heterocycles. The number of ether oxygens (including phenoxy) is 2. The second-order valence-corrected chi connectivity index (χ2v) is 10.1. The normalized spacial score (nSPS) is 14.3. The number of hydrogen-bond donors (Lipinski definition) is 1. The van der Waals surface area contributed by atoms with E-state index in [-0.39, 0.29) is 22.1 Å². The molecule has 0 spiro atoms. The molecule has 1 fully saturated rings. The van der Waals surface area contributed by atoms with Crippen molar-refractivity contribution in [1.82, 2.24) is 4.31 Å². The molecule has 0 atom stereocenters. The van der Waals surface area contributed by atoms with Gasteiger partial charge in [0.05, 0.1) is 29.5 Å². The van der Waals surface area contributed by atoms with Gasteiger partial charge in [-0.3, -0.25) is 4.79 Å². The number of nitrogens with one attached hydrogen (secondary N) is 1. The highest BCUT2D eigenvalue weighted by Gasteiger charge is 2.27. The van der Waals surface area contributed by atoms with Crippen LogP contribution < -0.4 is 10.1 Å². The van der Waals surface area contributed by atoms with E-state index in [4.69, 9.17) is 13.9 Å². The fourth-order valence-electron chi connectivity index (χ4n) is 3.80. The summed E-state index contributed by atoms with van der Waals surface area (Å²) in [6.45, 7) is 2.65. The Morgan fingerprint density at radius 1 is 1.00 bits per heavy atom. The molecular weight excluding hydrogens is 472 g/mol. The Balaban J connectivity index is 1.67. The number of aryl methyl sites for hydroxylation is 1. The molecule has 10 heteroatoms. The minimum atomic E-state index is -3.74. The average Bonchev–Trinajstić information content (AvgIpc) is 3.31. The smallest absolute Gasteiger partial charge is 0.337 e. The minimum Gasteiger partial charge on any atom is -0.465 e. The largest absolute Gasteiger partial charge is 0.465 e. The zero-order valence-electron chi connectivity index (χ0n) is 19.4. The number of methoxy groups -OCH3 is 1. The van der Waals surface area contributed by atoms with Crippen LogP contribution in [-0.2, 0) is 14.8 Å². The predicted octanol–water partition coefficient (Wildman–Crippen LogP) is 4.59. The van der Waals surface area contributed by atoms with Gasteiger partial charge in [0.2, 0.25) is 10.0 Å². The van der Waals surface area contributed by atoms with Crippen LogP contribution in [0.15, 0.2) is 64.1 Å². The first-order valence-corrected chi connectivity index (χ1v) is 12.6. The third-order valence-electron chi connectivity index (χ3n) is 5.72. The van der Waals surface area contributed by atoms with Crippen LogP contribution in [0.5, 0.6) is 11.5 Å². The lowest BCUT2D eigenvalue weighted by molar-refractivity contribution is 0.0600. The summed E-state index contributed by atoms with van der Waals surface area (Å²) in [6.07, 6.45) is 4.02. The van der Waals surface area contributed by atoms with Crippen molar-refractivity contribution in [1.29, 1.82) is 0 Å². The number of amides is 1. The Labute approximate surface area is 203 Å². The molecule has 2 heterocycles.